The Balaban J connectivity index is 2.03. The fourth-order valence-corrected chi connectivity index (χ4v) is 2.64. The first-order chi connectivity index (χ1) is 6.58. The zero-order valence-corrected chi connectivity index (χ0v) is 9.65. The first kappa shape index (κ1) is 12.3. The summed E-state index contributed by atoms with van der Waals surface area (Å²) in [6.45, 7) is 0.597. The Morgan fingerprint density at radius 1 is 1.29 bits per heavy atom. The summed E-state index contributed by atoms with van der Waals surface area (Å²) in [7, 11) is -3.89. The molecular formula is C8H16O4S2. The van der Waals surface area contributed by atoms with Gasteiger partial charge in [-0.25, -0.2) is 0 Å². The SMILES string of the molecule is O=S(=O)(O)CSOCC1CCCCC1. The highest BCUT2D eigenvalue weighted by atomic mass is 32.3. The van der Waals surface area contributed by atoms with Crippen molar-refractivity contribution in [2.75, 3.05) is 11.7 Å². The lowest BCUT2D eigenvalue weighted by molar-refractivity contribution is 0.235. The summed E-state index contributed by atoms with van der Waals surface area (Å²) < 4.78 is 34.2. The maximum atomic E-state index is 10.3. The fourth-order valence-electron chi connectivity index (χ4n) is 1.59. The lowest BCUT2D eigenvalue weighted by Gasteiger charge is -2.20. The van der Waals surface area contributed by atoms with Crippen molar-refractivity contribution < 1.29 is 17.2 Å². The minimum absolute atomic E-state index is 0.375. The van der Waals surface area contributed by atoms with Crippen molar-refractivity contribution in [1.29, 1.82) is 0 Å². The van der Waals surface area contributed by atoms with Gasteiger partial charge in [-0.2, -0.15) is 8.42 Å². The van der Waals surface area contributed by atoms with Crippen LogP contribution in [-0.2, 0) is 14.3 Å². The monoisotopic (exact) mass is 240 g/mol. The molecule has 0 radical (unpaired) electrons. The maximum Gasteiger partial charge on any atom is 0.276 e. The van der Waals surface area contributed by atoms with Crippen molar-refractivity contribution in [2.24, 2.45) is 5.92 Å². The van der Waals surface area contributed by atoms with Gasteiger partial charge in [-0.3, -0.25) is 4.55 Å². The molecule has 1 aliphatic rings. The molecule has 0 aromatic heterocycles. The molecule has 4 nitrogen and oxygen atoms in total. The minimum Gasteiger partial charge on any atom is -0.314 e. The van der Waals surface area contributed by atoms with E-state index in [0.29, 0.717) is 12.5 Å². The minimum atomic E-state index is -3.89. The summed E-state index contributed by atoms with van der Waals surface area (Å²) in [4.78, 5) is 0. The molecular weight excluding hydrogens is 224 g/mol. The summed E-state index contributed by atoms with van der Waals surface area (Å²) >= 11 is 0.816. The molecule has 0 saturated heterocycles. The van der Waals surface area contributed by atoms with Gasteiger partial charge in [0.15, 0.2) is 0 Å². The predicted molar refractivity (Wildman–Crippen MR) is 56.5 cm³/mol. The summed E-state index contributed by atoms with van der Waals surface area (Å²) in [5, 5.41) is -0.375. The van der Waals surface area contributed by atoms with Crippen LogP contribution in [0.3, 0.4) is 0 Å². The highest BCUT2D eigenvalue weighted by Gasteiger charge is 2.14. The van der Waals surface area contributed by atoms with Crippen LogP contribution in [0.1, 0.15) is 32.1 Å². The molecule has 84 valence electrons. The summed E-state index contributed by atoms with van der Waals surface area (Å²) in [6.07, 6.45) is 6.14. The van der Waals surface area contributed by atoms with E-state index in [9.17, 15) is 8.42 Å². The fraction of sp³-hybridized carbons (Fsp3) is 1.00. The van der Waals surface area contributed by atoms with Crippen molar-refractivity contribution in [2.45, 2.75) is 32.1 Å². The Labute approximate surface area is 89.4 Å². The van der Waals surface area contributed by atoms with E-state index in [4.69, 9.17) is 8.74 Å². The lowest BCUT2D eigenvalue weighted by atomic mass is 9.90. The third kappa shape index (κ3) is 5.85. The van der Waals surface area contributed by atoms with E-state index in [2.05, 4.69) is 0 Å². The Morgan fingerprint density at radius 2 is 1.93 bits per heavy atom. The molecule has 14 heavy (non-hydrogen) atoms. The molecule has 1 saturated carbocycles. The normalized spacial score (nSPS) is 19.8. The van der Waals surface area contributed by atoms with Crippen LogP contribution in [-0.4, -0.2) is 24.7 Å². The van der Waals surface area contributed by atoms with Crippen LogP contribution in [0.15, 0.2) is 0 Å². The van der Waals surface area contributed by atoms with Crippen LogP contribution >= 0.6 is 12.0 Å². The smallest absolute Gasteiger partial charge is 0.276 e. The van der Waals surface area contributed by atoms with Crippen molar-refractivity contribution in [3.8, 4) is 0 Å². The molecule has 0 aromatic rings. The van der Waals surface area contributed by atoms with Gasteiger partial charge >= 0.3 is 0 Å². The van der Waals surface area contributed by atoms with Crippen LogP contribution < -0.4 is 0 Å². The Morgan fingerprint density at radius 3 is 2.50 bits per heavy atom. The van der Waals surface area contributed by atoms with Gasteiger partial charge in [0.1, 0.15) is 5.08 Å². The van der Waals surface area contributed by atoms with Gasteiger partial charge in [-0.05, 0) is 18.8 Å². The van der Waals surface area contributed by atoms with Gasteiger partial charge in [0.05, 0.1) is 6.61 Å². The van der Waals surface area contributed by atoms with E-state index in [1.807, 2.05) is 0 Å². The molecule has 1 aliphatic carbocycles. The molecule has 0 heterocycles. The summed E-state index contributed by atoms with van der Waals surface area (Å²) in [5.74, 6) is 0.567. The Kier molecular flexibility index (Phi) is 5.22. The zero-order valence-electron chi connectivity index (χ0n) is 8.02. The number of hydrogen-bond donors (Lipinski definition) is 1. The maximum absolute atomic E-state index is 10.3. The van der Waals surface area contributed by atoms with Crippen molar-refractivity contribution in [1.82, 2.24) is 0 Å². The molecule has 0 atom stereocenters. The van der Waals surface area contributed by atoms with Crippen molar-refractivity contribution >= 4 is 22.2 Å². The zero-order chi connectivity index (χ0) is 10.4. The lowest BCUT2D eigenvalue weighted by Crippen LogP contribution is -2.12. The molecule has 0 bridgehead atoms. The van der Waals surface area contributed by atoms with E-state index in [-0.39, 0.29) is 5.08 Å². The standard InChI is InChI=1S/C8H16O4S2/c9-14(10,11)7-13-12-6-8-4-2-1-3-5-8/h8H,1-7H2,(H,9,10,11). The molecule has 1 N–H and O–H groups in total. The van der Waals surface area contributed by atoms with Crippen LogP contribution in [0.2, 0.25) is 0 Å². The highest BCUT2D eigenvalue weighted by molar-refractivity contribution is 8.07. The second kappa shape index (κ2) is 5.95. The topological polar surface area (TPSA) is 63.6 Å². The largest absolute Gasteiger partial charge is 0.314 e. The van der Waals surface area contributed by atoms with Crippen LogP contribution in [0.5, 0.6) is 0 Å². The molecule has 1 rings (SSSR count). The van der Waals surface area contributed by atoms with Crippen LogP contribution in [0, 0.1) is 5.92 Å². The Bertz CT molecular complexity index is 244. The quantitative estimate of drug-likeness (QED) is 0.453. The summed E-state index contributed by atoms with van der Waals surface area (Å²) in [5.41, 5.74) is 0. The molecule has 0 aromatic carbocycles. The summed E-state index contributed by atoms with van der Waals surface area (Å²) in [6, 6.07) is 0. The Hall–Kier alpha value is 0.220. The van der Waals surface area contributed by atoms with E-state index in [0.717, 1.165) is 12.0 Å². The van der Waals surface area contributed by atoms with Gasteiger partial charge in [-0.15, -0.1) is 0 Å². The van der Waals surface area contributed by atoms with E-state index >= 15 is 0 Å². The highest BCUT2D eigenvalue weighted by Crippen LogP contribution is 2.24. The predicted octanol–water partition coefficient (Wildman–Crippen LogP) is 2.08. The third-order valence-corrected chi connectivity index (χ3v) is 4.19. The first-order valence-electron chi connectivity index (χ1n) is 4.77. The second-order valence-corrected chi connectivity index (χ2v) is 6.18. The van der Waals surface area contributed by atoms with Crippen LogP contribution in [0.25, 0.3) is 0 Å². The van der Waals surface area contributed by atoms with E-state index < -0.39 is 10.1 Å². The van der Waals surface area contributed by atoms with Crippen LogP contribution in [0.4, 0.5) is 0 Å². The van der Waals surface area contributed by atoms with Gasteiger partial charge in [-0.1, -0.05) is 19.3 Å². The second-order valence-electron chi connectivity index (χ2n) is 3.61. The van der Waals surface area contributed by atoms with E-state index in [1.54, 1.807) is 0 Å². The molecule has 0 aliphatic heterocycles. The average molecular weight is 240 g/mol. The molecule has 1 fully saturated rings. The molecule has 6 heteroatoms. The van der Waals surface area contributed by atoms with Crippen molar-refractivity contribution in [3.63, 3.8) is 0 Å². The van der Waals surface area contributed by atoms with Gasteiger partial charge < -0.3 is 4.18 Å². The average Bonchev–Trinajstić information content (AvgIpc) is 2.13. The first-order valence-corrected chi connectivity index (χ1v) is 7.29. The molecule has 0 spiro atoms. The molecule has 0 amide bonds. The molecule has 0 unspecified atom stereocenters. The van der Waals surface area contributed by atoms with Gasteiger partial charge in [0.25, 0.3) is 10.1 Å². The van der Waals surface area contributed by atoms with Gasteiger partial charge in [0, 0.05) is 12.0 Å². The van der Waals surface area contributed by atoms with E-state index in [1.165, 1.54) is 32.1 Å². The third-order valence-electron chi connectivity index (χ3n) is 2.31. The number of hydrogen-bond acceptors (Lipinski definition) is 4. The number of rotatable bonds is 5. The van der Waals surface area contributed by atoms with Crippen molar-refractivity contribution in [3.05, 3.63) is 0 Å². The van der Waals surface area contributed by atoms with Gasteiger partial charge in [0.2, 0.25) is 0 Å².